The maximum absolute atomic E-state index is 5.40. The lowest BCUT2D eigenvalue weighted by atomic mass is 10.4. The van der Waals surface area contributed by atoms with Crippen LogP contribution in [0, 0.1) is 0 Å². The zero-order valence-electron chi connectivity index (χ0n) is 8.00. The highest BCUT2D eigenvalue weighted by molar-refractivity contribution is 8.76. The third kappa shape index (κ3) is 5.80. The Hall–Kier alpha value is 0.580. The van der Waals surface area contributed by atoms with Gasteiger partial charge in [0.2, 0.25) is 0 Å². The molecule has 0 unspecified atom stereocenters. The second-order valence-corrected chi connectivity index (χ2v) is 5.73. The summed E-state index contributed by atoms with van der Waals surface area (Å²) >= 11 is 0. The fourth-order valence-corrected chi connectivity index (χ4v) is 3.15. The van der Waals surface area contributed by atoms with E-state index in [4.69, 9.17) is 5.73 Å². The van der Waals surface area contributed by atoms with Crippen LogP contribution in [0.3, 0.4) is 0 Å². The summed E-state index contributed by atoms with van der Waals surface area (Å²) in [5.74, 6) is 2.30. The minimum absolute atomic E-state index is 0.797. The Morgan fingerprint density at radius 3 is 2.54 bits per heavy atom. The largest absolute Gasteiger partial charge is 0.330 e. The number of hydrogen-bond donors (Lipinski definition) is 2. The number of hydrogen-bond acceptors (Lipinski definition) is 5. The molecule has 1 heterocycles. The van der Waals surface area contributed by atoms with E-state index in [0.29, 0.717) is 0 Å². The molecule has 13 heavy (non-hydrogen) atoms. The van der Waals surface area contributed by atoms with Crippen molar-refractivity contribution in [3.05, 3.63) is 0 Å². The summed E-state index contributed by atoms with van der Waals surface area (Å²) < 4.78 is 0. The zero-order chi connectivity index (χ0) is 9.36. The Bertz CT molecular complexity index is 118. The molecule has 0 saturated carbocycles. The number of nitrogens with zero attached hydrogens (tertiary/aromatic N) is 1. The van der Waals surface area contributed by atoms with Gasteiger partial charge in [-0.15, -0.1) is 0 Å². The molecule has 0 aromatic heterocycles. The van der Waals surface area contributed by atoms with Crippen LogP contribution in [-0.2, 0) is 0 Å². The van der Waals surface area contributed by atoms with Crippen molar-refractivity contribution in [1.82, 2.24) is 10.2 Å². The highest BCUT2D eigenvalue weighted by Gasteiger charge is 2.07. The van der Waals surface area contributed by atoms with E-state index in [-0.39, 0.29) is 0 Å². The first-order valence-electron chi connectivity index (χ1n) is 4.81. The van der Waals surface area contributed by atoms with E-state index in [9.17, 15) is 0 Å². The minimum Gasteiger partial charge on any atom is -0.330 e. The first-order chi connectivity index (χ1) is 6.43. The van der Waals surface area contributed by atoms with Gasteiger partial charge in [0.25, 0.3) is 0 Å². The van der Waals surface area contributed by atoms with E-state index in [1.54, 1.807) is 0 Å². The van der Waals surface area contributed by atoms with Gasteiger partial charge >= 0.3 is 0 Å². The summed E-state index contributed by atoms with van der Waals surface area (Å²) in [6, 6.07) is 0. The van der Waals surface area contributed by atoms with Gasteiger partial charge in [-0.1, -0.05) is 21.6 Å². The molecule has 0 aromatic carbocycles. The van der Waals surface area contributed by atoms with Gasteiger partial charge in [0, 0.05) is 50.8 Å². The van der Waals surface area contributed by atoms with Crippen molar-refractivity contribution in [2.75, 3.05) is 50.8 Å². The lowest BCUT2D eigenvalue weighted by Gasteiger charge is -2.26. The van der Waals surface area contributed by atoms with Crippen LogP contribution in [0.1, 0.15) is 0 Å². The third-order valence-electron chi connectivity index (χ3n) is 1.98. The molecule has 5 heteroatoms. The van der Waals surface area contributed by atoms with Gasteiger partial charge < -0.3 is 11.1 Å². The zero-order valence-corrected chi connectivity index (χ0v) is 9.63. The Balaban J connectivity index is 1.86. The minimum atomic E-state index is 0.797. The van der Waals surface area contributed by atoms with Crippen LogP contribution in [0.15, 0.2) is 0 Å². The second kappa shape index (κ2) is 7.94. The molecule has 1 saturated heterocycles. The van der Waals surface area contributed by atoms with Gasteiger partial charge in [0.1, 0.15) is 0 Å². The molecule has 3 N–H and O–H groups in total. The van der Waals surface area contributed by atoms with Gasteiger partial charge in [0.15, 0.2) is 0 Å². The number of nitrogens with one attached hydrogen (secondary N) is 1. The predicted molar refractivity (Wildman–Crippen MR) is 63.3 cm³/mol. The Kier molecular flexibility index (Phi) is 7.11. The molecule has 1 aliphatic rings. The average molecular weight is 221 g/mol. The van der Waals surface area contributed by atoms with E-state index in [1.165, 1.54) is 25.4 Å². The first kappa shape index (κ1) is 11.7. The molecular weight excluding hydrogens is 202 g/mol. The monoisotopic (exact) mass is 221 g/mol. The Morgan fingerprint density at radius 1 is 1.15 bits per heavy atom. The van der Waals surface area contributed by atoms with Crippen molar-refractivity contribution in [2.45, 2.75) is 0 Å². The molecule has 1 fully saturated rings. The fraction of sp³-hybridized carbons (Fsp3) is 1.00. The lowest BCUT2D eigenvalue weighted by molar-refractivity contribution is 0.255. The molecule has 78 valence electrons. The van der Waals surface area contributed by atoms with Crippen molar-refractivity contribution < 1.29 is 0 Å². The lowest BCUT2D eigenvalue weighted by Crippen LogP contribution is -2.44. The molecule has 1 aliphatic heterocycles. The number of piperazine rings is 1. The van der Waals surface area contributed by atoms with Crippen molar-refractivity contribution >= 4 is 21.6 Å². The van der Waals surface area contributed by atoms with Crippen LogP contribution in [-0.4, -0.2) is 55.7 Å². The summed E-state index contributed by atoms with van der Waals surface area (Å²) in [7, 11) is 3.84. The Morgan fingerprint density at radius 2 is 1.85 bits per heavy atom. The molecular formula is C8H19N3S2. The predicted octanol–water partition coefficient (Wildman–Crippen LogP) is 0.232. The van der Waals surface area contributed by atoms with Crippen LogP contribution >= 0.6 is 21.6 Å². The van der Waals surface area contributed by atoms with E-state index in [1.807, 2.05) is 21.6 Å². The molecule has 0 aliphatic carbocycles. The smallest absolute Gasteiger partial charge is 0.0165 e. The molecule has 1 rings (SSSR count). The first-order valence-corrected chi connectivity index (χ1v) is 7.30. The SMILES string of the molecule is NCCSSCCN1CCNCC1. The molecule has 0 radical (unpaired) electrons. The van der Waals surface area contributed by atoms with Crippen LogP contribution in [0.5, 0.6) is 0 Å². The van der Waals surface area contributed by atoms with Crippen molar-refractivity contribution in [1.29, 1.82) is 0 Å². The number of nitrogens with two attached hydrogens (primary N) is 1. The van der Waals surface area contributed by atoms with Crippen LogP contribution in [0.25, 0.3) is 0 Å². The maximum Gasteiger partial charge on any atom is 0.0165 e. The average Bonchev–Trinajstić information content (AvgIpc) is 2.19. The van der Waals surface area contributed by atoms with Gasteiger partial charge in [-0.3, -0.25) is 4.90 Å². The molecule has 0 bridgehead atoms. The summed E-state index contributed by atoms with van der Waals surface area (Å²) in [5.41, 5.74) is 5.40. The molecule has 0 amide bonds. The molecule has 0 spiro atoms. The Labute approximate surface area is 88.6 Å². The highest BCUT2D eigenvalue weighted by Crippen LogP contribution is 2.19. The van der Waals surface area contributed by atoms with Crippen molar-refractivity contribution in [3.8, 4) is 0 Å². The maximum atomic E-state index is 5.40. The van der Waals surface area contributed by atoms with E-state index in [0.717, 1.165) is 25.4 Å². The normalized spacial score (nSPS) is 19.2. The van der Waals surface area contributed by atoms with Gasteiger partial charge in [-0.2, -0.15) is 0 Å². The molecule has 0 atom stereocenters. The van der Waals surface area contributed by atoms with Gasteiger partial charge in [-0.05, 0) is 0 Å². The quantitative estimate of drug-likeness (QED) is 0.496. The summed E-state index contributed by atoms with van der Waals surface area (Å²) in [6.45, 7) is 6.75. The summed E-state index contributed by atoms with van der Waals surface area (Å²) in [5, 5.41) is 3.36. The summed E-state index contributed by atoms with van der Waals surface area (Å²) in [4.78, 5) is 2.52. The van der Waals surface area contributed by atoms with Gasteiger partial charge in [0.05, 0.1) is 0 Å². The second-order valence-electron chi connectivity index (χ2n) is 3.02. The van der Waals surface area contributed by atoms with E-state index < -0.39 is 0 Å². The van der Waals surface area contributed by atoms with Crippen LogP contribution < -0.4 is 11.1 Å². The van der Waals surface area contributed by atoms with Crippen molar-refractivity contribution in [3.63, 3.8) is 0 Å². The molecule has 3 nitrogen and oxygen atoms in total. The van der Waals surface area contributed by atoms with Gasteiger partial charge in [-0.25, -0.2) is 0 Å². The van der Waals surface area contributed by atoms with E-state index >= 15 is 0 Å². The van der Waals surface area contributed by atoms with E-state index in [2.05, 4.69) is 10.2 Å². The molecule has 0 aromatic rings. The highest BCUT2D eigenvalue weighted by atomic mass is 33.1. The van der Waals surface area contributed by atoms with Crippen LogP contribution in [0.2, 0.25) is 0 Å². The van der Waals surface area contributed by atoms with Crippen molar-refractivity contribution in [2.24, 2.45) is 5.73 Å². The fourth-order valence-electron chi connectivity index (χ4n) is 1.27. The number of rotatable bonds is 6. The topological polar surface area (TPSA) is 41.3 Å². The van der Waals surface area contributed by atoms with Crippen LogP contribution in [0.4, 0.5) is 0 Å². The standard InChI is InChI=1S/C8H19N3S2/c9-1-7-12-13-8-6-11-4-2-10-3-5-11/h10H,1-9H2. The summed E-state index contributed by atoms with van der Waals surface area (Å²) in [6.07, 6.45) is 0. The third-order valence-corrected chi connectivity index (χ3v) is 4.40.